The third kappa shape index (κ3) is 5.71. The molecule has 1 aromatic carbocycles. The van der Waals surface area contributed by atoms with Gasteiger partial charge in [0.25, 0.3) is 0 Å². The third-order valence-corrected chi connectivity index (χ3v) is 5.44. The predicted molar refractivity (Wildman–Crippen MR) is 104 cm³/mol. The highest BCUT2D eigenvalue weighted by molar-refractivity contribution is 9.10. The number of nitrogens with one attached hydrogen (secondary N) is 2. The van der Waals surface area contributed by atoms with Crippen molar-refractivity contribution in [1.29, 1.82) is 0 Å². The third-order valence-electron chi connectivity index (χ3n) is 4.07. The van der Waals surface area contributed by atoms with Crippen molar-refractivity contribution in [1.82, 2.24) is 20.5 Å². The molecule has 2 N–H and O–H groups in total. The lowest BCUT2D eigenvalue weighted by Crippen LogP contribution is -2.26. The molecule has 1 amide bonds. The van der Waals surface area contributed by atoms with E-state index in [1.165, 1.54) is 43.0 Å². The zero-order chi connectivity index (χ0) is 17.5. The Morgan fingerprint density at radius 1 is 1.28 bits per heavy atom. The van der Waals surface area contributed by atoms with Gasteiger partial charge in [0.2, 0.25) is 11.1 Å². The highest BCUT2D eigenvalue weighted by Crippen LogP contribution is 2.21. The summed E-state index contributed by atoms with van der Waals surface area (Å²) < 4.78 is 1.02. The molecule has 25 heavy (non-hydrogen) atoms. The lowest BCUT2D eigenvalue weighted by atomic mass is 9.97. The van der Waals surface area contributed by atoms with Crippen LogP contribution in [0.5, 0.6) is 0 Å². The number of amides is 1. The van der Waals surface area contributed by atoms with Gasteiger partial charge in [-0.1, -0.05) is 51.5 Å². The monoisotopic (exact) mass is 420 g/mol. The number of rotatable bonds is 7. The van der Waals surface area contributed by atoms with Gasteiger partial charge in [-0.15, -0.1) is 5.10 Å². The van der Waals surface area contributed by atoms with E-state index in [0.717, 1.165) is 16.5 Å². The Morgan fingerprint density at radius 2 is 2.12 bits per heavy atom. The van der Waals surface area contributed by atoms with Crippen molar-refractivity contribution in [2.45, 2.75) is 37.3 Å². The fourth-order valence-corrected chi connectivity index (χ4v) is 3.62. The van der Waals surface area contributed by atoms with E-state index in [4.69, 9.17) is 0 Å². The molecule has 1 aliphatic carbocycles. The maximum atomic E-state index is 11.9. The standard InChI is InChI=1S/C18H21BrN4OS/c19-15-8-6-14(7-9-15)17-21-18(23-22-17)25-12-16(24)20-11-10-13-4-2-1-3-5-13/h4,6-9H,1-3,5,10-12H2,(H,20,24)(H,21,22,23). The van der Waals surface area contributed by atoms with Crippen LogP contribution < -0.4 is 5.32 Å². The number of hydrogen-bond acceptors (Lipinski definition) is 4. The first-order chi connectivity index (χ1) is 12.2. The van der Waals surface area contributed by atoms with E-state index in [1.807, 2.05) is 24.3 Å². The van der Waals surface area contributed by atoms with Crippen molar-refractivity contribution in [2.24, 2.45) is 0 Å². The quantitative estimate of drug-likeness (QED) is 0.516. The van der Waals surface area contributed by atoms with E-state index >= 15 is 0 Å². The Labute approximate surface area is 160 Å². The Morgan fingerprint density at radius 3 is 2.88 bits per heavy atom. The van der Waals surface area contributed by atoms with E-state index in [1.54, 1.807) is 0 Å². The molecule has 1 heterocycles. The van der Waals surface area contributed by atoms with Crippen molar-refractivity contribution in [2.75, 3.05) is 12.3 Å². The Balaban J connectivity index is 1.41. The highest BCUT2D eigenvalue weighted by Gasteiger charge is 2.09. The molecule has 0 fully saturated rings. The Kier molecular flexibility index (Phi) is 6.69. The average Bonchev–Trinajstić information content (AvgIpc) is 3.10. The molecule has 5 nitrogen and oxygen atoms in total. The van der Waals surface area contributed by atoms with Gasteiger partial charge in [-0.05, 0) is 44.2 Å². The van der Waals surface area contributed by atoms with Crippen LogP contribution in [0.3, 0.4) is 0 Å². The number of thioether (sulfide) groups is 1. The van der Waals surface area contributed by atoms with E-state index in [-0.39, 0.29) is 5.91 Å². The maximum absolute atomic E-state index is 11.9. The summed E-state index contributed by atoms with van der Waals surface area (Å²) in [4.78, 5) is 16.4. The van der Waals surface area contributed by atoms with Crippen molar-refractivity contribution in [3.8, 4) is 11.4 Å². The number of carbonyl (C=O) groups excluding carboxylic acids is 1. The van der Waals surface area contributed by atoms with Crippen molar-refractivity contribution in [3.05, 3.63) is 40.4 Å². The van der Waals surface area contributed by atoms with Crippen LogP contribution in [-0.2, 0) is 4.79 Å². The number of benzene rings is 1. The summed E-state index contributed by atoms with van der Waals surface area (Å²) in [7, 11) is 0. The maximum Gasteiger partial charge on any atom is 0.230 e. The SMILES string of the molecule is O=C(CSc1n[nH]c(-c2ccc(Br)cc2)n1)NCCC1=CCCCC1. The molecule has 3 rings (SSSR count). The molecule has 0 bridgehead atoms. The smallest absolute Gasteiger partial charge is 0.230 e. The number of allylic oxidation sites excluding steroid dienone is 1. The molecule has 132 valence electrons. The molecule has 1 aromatic heterocycles. The van der Waals surface area contributed by atoms with Gasteiger partial charge in [0.15, 0.2) is 5.82 Å². The molecule has 0 saturated heterocycles. The average molecular weight is 421 g/mol. The molecule has 7 heteroatoms. The first-order valence-corrected chi connectivity index (χ1v) is 10.2. The van der Waals surface area contributed by atoms with Crippen LogP contribution in [0.2, 0.25) is 0 Å². The molecule has 0 saturated carbocycles. The van der Waals surface area contributed by atoms with Crippen molar-refractivity contribution in [3.63, 3.8) is 0 Å². The fourth-order valence-electron chi connectivity index (χ4n) is 2.72. The van der Waals surface area contributed by atoms with Gasteiger partial charge in [0.1, 0.15) is 0 Å². The van der Waals surface area contributed by atoms with Crippen LogP contribution in [0, 0.1) is 0 Å². The number of nitrogens with zero attached hydrogens (tertiary/aromatic N) is 2. The zero-order valence-electron chi connectivity index (χ0n) is 13.9. The van der Waals surface area contributed by atoms with Crippen LogP contribution in [0.4, 0.5) is 0 Å². The number of aromatic nitrogens is 3. The summed E-state index contributed by atoms with van der Waals surface area (Å²) in [6.45, 7) is 0.712. The van der Waals surface area contributed by atoms with Crippen molar-refractivity contribution >= 4 is 33.6 Å². The Bertz CT molecular complexity index is 742. The van der Waals surface area contributed by atoms with Crippen LogP contribution >= 0.6 is 27.7 Å². The molecule has 0 aliphatic heterocycles. The molecule has 0 unspecified atom stereocenters. The summed E-state index contributed by atoms with van der Waals surface area (Å²) >= 11 is 4.76. The summed E-state index contributed by atoms with van der Waals surface area (Å²) in [5.74, 6) is 1.06. The summed E-state index contributed by atoms with van der Waals surface area (Å²) in [6, 6.07) is 7.84. The minimum atomic E-state index is 0.0244. The number of carbonyl (C=O) groups is 1. The first kappa shape index (κ1) is 18.2. The van der Waals surface area contributed by atoms with Crippen LogP contribution in [0.25, 0.3) is 11.4 Å². The van der Waals surface area contributed by atoms with Gasteiger partial charge in [-0.25, -0.2) is 4.98 Å². The van der Waals surface area contributed by atoms with Gasteiger partial charge in [-0.3, -0.25) is 9.89 Å². The lowest BCUT2D eigenvalue weighted by molar-refractivity contribution is -0.118. The van der Waals surface area contributed by atoms with E-state index in [9.17, 15) is 4.79 Å². The number of H-pyrrole nitrogens is 1. The molecule has 0 spiro atoms. The fraction of sp³-hybridized carbons (Fsp3) is 0.389. The number of halogens is 1. The number of aromatic amines is 1. The van der Waals surface area contributed by atoms with E-state index in [0.29, 0.717) is 23.3 Å². The minimum Gasteiger partial charge on any atom is -0.355 e. The summed E-state index contributed by atoms with van der Waals surface area (Å²) in [6.07, 6.45) is 8.23. The molecule has 0 atom stereocenters. The van der Waals surface area contributed by atoms with Crippen LogP contribution in [-0.4, -0.2) is 33.4 Å². The summed E-state index contributed by atoms with van der Waals surface area (Å²) in [5.41, 5.74) is 2.44. The highest BCUT2D eigenvalue weighted by atomic mass is 79.9. The van der Waals surface area contributed by atoms with Gasteiger partial charge in [0.05, 0.1) is 5.75 Å². The van der Waals surface area contributed by atoms with Crippen molar-refractivity contribution < 1.29 is 4.79 Å². The zero-order valence-corrected chi connectivity index (χ0v) is 16.3. The normalized spacial score (nSPS) is 14.2. The van der Waals surface area contributed by atoms with E-state index in [2.05, 4.69) is 42.5 Å². The molecule has 1 aliphatic rings. The van der Waals surface area contributed by atoms with E-state index < -0.39 is 0 Å². The largest absolute Gasteiger partial charge is 0.355 e. The predicted octanol–water partition coefficient (Wildman–Crippen LogP) is 4.33. The van der Waals surface area contributed by atoms with Gasteiger partial charge in [0, 0.05) is 16.6 Å². The molecule has 0 radical (unpaired) electrons. The lowest BCUT2D eigenvalue weighted by Gasteiger charge is -2.12. The van der Waals surface area contributed by atoms with Crippen LogP contribution in [0.15, 0.2) is 45.5 Å². The minimum absolute atomic E-state index is 0.0244. The number of hydrogen-bond donors (Lipinski definition) is 2. The van der Waals surface area contributed by atoms with Crippen LogP contribution in [0.1, 0.15) is 32.1 Å². The molecular weight excluding hydrogens is 400 g/mol. The second-order valence-corrected chi connectivity index (χ2v) is 7.83. The first-order valence-electron chi connectivity index (χ1n) is 8.46. The summed E-state index contributed by atoms with van der Waals surface area (Å²) in [5, 5.41) is 10.6. The Hall–Kier alpha value is -1.60. The topological polar surface area (TPSA) is 70.7 Å². The van der Waals surface area contributed by atoms with Gasteiger partial charge in [-0.2, -0.15) is 0 Å². The second kappa shape index (κ2) is 9.20. The molecular formula is C18H21BrN4OS. The second-order valence-electron chi connectivity index (χ2n) is 5.97. The van der Waals surface area contributed by atoms with Gasteiger partial charge >= 0.3 is 0 Å². The van der Waals surface area contributed by atoms with Gasteiger partial charge < -0.3 is 5.32 Å². The molecule has 2 aromatic rings.